The van der Waals surface area contributed by atoms with Crippen molar-refractivity contribution in [3.8, 4) is 0 Å². The summed E-state index contributed by atoms with van der Waals surface area (Å²) in [6.07, 6.45) is 0. The summed E-state index contributed by atoms with van der Waals surface area (Å²) in [4.78, 5) is 0.0105. The van der Waals surface area contributed by atoms with E-state index >= 15 is 0 Å². The van der Waals surface area contributed by atoms with E-state index in [4.69, 9.17) is 0 Å². The zero-order chi connectivity index (χ0) is 13.1. The highest BCUT2D eigenvalue weighted by atomic mass is 32.2. The van der Waals surface area contributed by atoms with Crippen LogP contribution >= 0.6 is 0 Å². The van der Waals surface area contributed by atoms with Crippen LogP contribution in [0.25, 0.3) is 0 Å². The molecular formula is C9H14N2O4S2. The van der Waals surface area contributed by atoms with Gasteiger partial charge in [-0.2, -0.15) is 0 Å². The third-order valence-corrected chi connectivity index (χ3v) is 4.79. The van der Waals surface area contributed by atoms with E-state index in [1.165, 1.54) is 38.2 Å². The van der Waals surface area contributed by atoms with Crippen molar-refractivity contribution >= 4 is 25.7 Å². The summed E-state index contributed by atoms with van der Waals surface area (Å²) in [5.74, 6) is -0.0734. The fraction of sp³-hybridized carbons (Fsp3) is 0.333. The maximum Gasteiger partial charge on any atom is 0.240 e. The van der Waals surface area contributed by atoms with Gasteiger partial charge in [0.15, 0.2) is 0 Å². The van der Waals surface area contributed by atoms with Crippen LogP contribution in [0.15, 0.2) is 29.2 Å². The van der Waals surface area contributed by atoms with E-state index in [0.717, 1.165) is 0 Å². The van der Waals surface area contributed by atoms with Gasteiger partial charge < -0.3 is 0 Å². The molecule has 0 saturated heterocycles. The summed E-state index contributed by atoms with van der Waals surface area (Å²) in [5.41, 5.74) is 0.225. The topological polar surface area (TPSA) is 92.3 Å². The third-order valence-electron chi connectivity index (χ3n) is 2.07. The number of rotatable bonds is 5. The second-order valence-electron chi connectivity index (χ2n) is 3.24. The zero-order valence-corrected chi connectivity index (χ0v) is 11.1. The molecule has 0 atom stereocenters. The Balaban J connectivity index is 3.11. The number of benzene rings is 1. The van der Waals surface area contributed by atoms with Gasteiger partial charge in [-0.05, 0) is 32.2 Å². The molecule has 1 rings (SSSR count). The number of hydrogen-bond donors (Lipinski definition) is 2. The van der Waals surface area contributed by atoms with Crippen LogP contribution in [0.1, 0.15) is 6.92 Å². The molecule has 8 heteroatoms. The van der Waals surface area contributed by atoms with E-state index in [1.54, 1.807) is 0 Å². The van der Waals surface area contributed by atoms with Crippen LogP contribution in [-0.4, -0.2) is 29.6 Å². The Hall–Kier alpha value is -1.12. The first-order valence-corrected chi connectivity index (χ1v) is 7.98. The van der Waals surface area contributed by atoms with Gasteiger partial charge in [-0.25, -0.2) is 21.6 Å². The molecule has 6 nitrogen and oxygen atoms in total. The lowest BCUT2D eigenvalue weighted by Crippen LogP contribution is -2.19. The van der Waals surface area contributed by atoms with Gasteiger partial charge in [-0.3, -0.25) is 4.72 Å². The fourth-order valence-corrected chi connectivity index (χ4v) is 2.50. The largest absolute Gasteiger partial charge is 0.284 e. The van der Waals surface area contributed by atoms with Crippen molar-refractivity contribution in [2.75, 3.05) is 17.5 Å². The number of nitrogens with one attached hydrogen (secondary N) is 2. The first-order chi connectivity index (χ1) is 7.80. The predicted octanol–water partition coefficient (Wildman–Crippen LogP) is 0.356. The molecule has 2 N–H and O–H groups in total. The van der Waals surface area contributed by atoms with Gasteiger partial charge in [0.25, 0.3) is 0 Å². The van der Waals surface area contributed by atoms with Gasteiger partial charge in [0.1, 0.15) is 0 Å². The molecule has 0 aliphatic heterocycles. The Labute approximate surface area is 101 Å². The molecule has 1 aromatic rings. The maximum atomic E-state index is 11.5. The standard InChI is InChI=1S/C9H14N2O4S2/c1-3-16(12,13)11-8-5-4-6-9(7-8)17(14,15)10-2/h4-7,10-11H,3H2,1-2H3. The van der Waals surface area contributed by atoms with Gasteiger partial charge in [0.2, 0.25) is 20.0 Å². The Morgan fingerprint density at radius 2 is 1.82 bits per heavy atom. The molecule has 0 heterocycles. The van der Waals surface area contributed by atoms with E-state index in [2.05, 4.69) is 9.44 Å². The highest BCUT2D eigenvalue weighted by Gasteiger charge is 2.13. The van der Waals surface area contributed by atoms with Gasteiger partial charge in [-0.15, -0.1) is 0 Å². The monoisotopic (exact) mass is 278 g/mol. The quantitative estimate of drug-likeness (QED) is 0.813. The third kappa shape index (κ3) is 3.69. The Kier molecular flexibility index (Phi) is 4.12. The number of sulfonamides is 2. The van der Waals surface area contributed by atoms with E-state index in [0.29, 0.717) is 0 Å². The maximum absolute atomic E-state index is 11.5. The molecule has 0 aliphatic rings. The summed E-state index contributed by atoms with van der Waals surface area (Å²) in [7, 11) is -5.68. The minimum atomic E-state index is -3.57. The molecule has 0 fully saturated rings. The van der Waals surface area contributed by atoms with Crippen LogP contribution in [0.5, 0.6) is 0 Å². The van der Waals surface area contributed by atoms with E-state index in [1.807, 2.05) is 0 Å². The lowest BCUT2D eigenvalue weighted by atomic mass is 10.3. The van der Waals surface area contributed by atoms with Gasteiger partial charge in [0, 0.05) is 5.69 Å². The molecule has 0 aliphatic carbocycles. The van der Waals surface area contributed by atoms with Crippen LogP contribution in [0.2, 0.25) is 0 Å². The minimum absolute atomic E-state index is 0.0105. The Morgan fingerprint density at radius 3 is 2.35 bits per heavy atom. The average molecular weight is 278 g/mol. The molecule has 0 aromatic heterocycles. The first-order valence-electron chi connectivity index (χ1n) is 4.85. The first kappa shape index (κ1) is 13.9. The Morgan fingerprint density at radius 1 is 1.18 bits per heavy atom. The van der Waals surface area contributed by atoms with Gasteiger partial charge in [-0.1, -0.05) is 6.07 Å². The minimum Gasteiger partial charge on any atom is -0.284 e. The molecule has 96 valence electrons. The second-order valence-corrected chi connectivity index (χ2v) is 7.14. The number of anilines is 1. The van der Waals surface area contributed by atoms with Crippen LogP contribution in [0, 0.1) is 0 Å². The molecule has 0 radical (unpaired) electrons. The Bertz CT molecular complexity index is 593. The van der Waals surface area contributed by atoms with E-state index < -0.39 is 20.0 Å². The van der Waals surface area contributed by atoms with Crippen LogP contribution in [0.4, 0.5) is 5.69 Å². The van der Waals surface area contributed by atoms with Crippen molar-refractivity contribution in [3.63, 3.8) is 0 Å². The summed E-state index contributed by atoms with van der Waals surface area (Å²) in [6.45, 7) is 1.50. The molecule has 17 heavy (non-hydrogen) atoms. The average Bonchev–Trinajstić information content (AvgIpc) is 2.29. The van der Waals surface area contributed by atoms with Gasteiger partial charge in [0.05, 0.1) is 10.6 Å². The molecule has 1 aromatic carbocycles. The molecule has 0 unspecified atom stereocenters. The summed E-state index contributed by atoms with van der Waals surface area (Å²) in [5, 5.41) is 0. The lowest BCUT2D eigenvalue weighted by molar-refractivity contribution is 0.588. The van der Waals surface area contributed by atoms with Crippen molar-refractivity contribution in [2.24, 2.45) is 0 Å². The van der Waals surface area contributed by atoms with Crippen molar-refractivity contribution in [1.82, 2.24) is 4.72 Å². The highest BCUT2D eigenvalue weighted by Crippen LogP contribution is 2.16. The van der Waals surface area contributed by atoms with E-state index in [-0.39, 0.29) is 16.3 Å². The molecule has 0 bridgehead atoms. The van der Waals surface area contributed by atoms with Crippen molar-refractivity contribution in [2.45, 2.75) is 11.8 Å². The summed E-state index contributed by atoms with van der Waals surface area (Å²) < 4.78 is 50.1. The van der Waals surface area contributed by atoms with Crippen LogP contribution < -0.4 is 9.44 Å². The lowest BCUT2D eigenvalue weighted by Gasteiger charge is -2.08. The fourth-order valence-electron chi connectivity index (χ4n) is 1.10. The van der Waals surface area contributed by atoms with Crippen LogP contribution in [0.3, 0.4) is 0 Å². The molecule has 0 spiro atoms. The predicted molar refractivity (Wildman–Crippen MR) is 65.8 cm³/mol. The molecule has 0 amide bonds. The molecular weight excluding hydrogens is 264 g/mol. The smallest absolute Gasteiger partial charge is 0.240 e. The normalized spacial score (nSPS) is 12.4. The van der Waals surface area contributed by atoms with Gasteiger partial charge >= 0.3 is 0 Å². The van der Waals surface area contributed by atoms with Crippen molar-refractivity contribution in [1.29, 1.82) is 0 Å². The highest BCUT2D eigenvalue weighted by molar-refractivity contribution is 7.92. The summed E-state index contributed by atoms with van der Waals surface area (Å²) >= 11 is 0. The number of hydrogen-bond acceptors (Lipinski definition) is 4. The second kappa shape index (κ2) is 5.03. The van der Waals surface area contributed by atoms with Crippen molar-refractivity contribution in [3.05, 3.63) is 24.3 Å². The van der Waals surface area contributed by atoms with Crippen molar-refractivity contribution < 1.29 is 16.8 Å². The SMILES string of the molecule is CCS(=O)(=O)Nc1cccc(S(=O)(=O)NC)c1. The van der Waals surface area contributed by atoms with E-state index in [9.17, 15) is 16.8 Å². The zero-order valence-electron chi connectivity index (χ0n) is 9.47. The molecule has 0 saturated carbocycles. The summed E-state index contributed by atoms with van der Waals surface area (Å²) in [6, 6.07) is 5.61. The van der Waals surface area contributed by atoms with Crippen LogP contribution in [-0.2, 0) is 20.0 Å².